The lowest BCUT2D eigenvalue weighted by molar-refractivity contribution is -0.136. The average Bonchev–Trinajstić information content (AvgIpc) is 3.14. The number of carbonyl (C=O) groups is 4. The van der Waals surface area contributed by atoms with E-state index in [4.69, 9.17) is 4.74 Å². The lowest BCUT2D eigenvalue weighted by Crippen LogP contribution is -2.54. The maximum atomic E-state index is 13.3. The fraction of sp³-hybridized carbons (Fsp3) is 0.333. The third-order valence-corrected chi connectivity index (χ3v) is 9.01. The van der Waals surface area contributed by atoms with E-state index in [0.29, 0.717) is 25.3 Å². The van der Waals surface area contributed by atoms with Crippen molar-refractivity contribution in [2.45, 2.75) is 37.6 Å². The molecule has 3 aromatic rings. The molecule has 0 radical (unpaired) electrons. The number of hydrogen-bond acceptors (Lipinski definition) is 7. The van der Waals surface area contributed by atoms with Crippen LogP contribution in [0.1, 0.15) is 62.6 Å². The number of ether oxygens (including phenoxy) is 1. The molecule has 0 bridgehead atoms. The molecular weight excluding hydrogens is 612 g/mol. The highest BCUT2D eigenvalue weighted by molar-refractivity contribution is 9.10. The van der Waals surface area contributed by atoms with E-state index >= 15 is 0 Å². The summed E-state index contributed by atoms with van der Waals surface area (Å²) in [6.45, 7) is 2.89. The van der Waals surface area contributed by atoms with Crippen LogP contribution in [0.5, 0.6) is 5.75 Å². The Bertz CT molecular complexity index is 1590. The van der Waals surface area contributed by atoms with Crippen molar-refractivity contribution in [1.82, 2.24) is 15.1 Å². The quantitative estimate of drug-likeness (QED) is 0.277. The second kappa shape index (κ2) is 12.3. The van der Waals surface area contributed by atoms with Crippen LogP contribution < -0.4 is 15.4 Å². The minimum Gasteiger partial charge on any atom is -0.492 e. The van der Waals surface area contributed by atoms with Crippen LogP contribution in [0.3, 0.4) is 0 Å². The number of piperidine rings is 1. The smallest absolute Gasteiger partial charge is 0.264 e. The number of nitrogens with one attached hydrogen (secondary N) is 2. The van der Waals surface area contributed by atoms with Crippen LogP contribution in [-0.2, 0) is 16.0 Å². The SMILES string of the molecule is CN1CCc2cc(Br)c(OCCCNc3cccc4c3C(=O)N(C3CCC(=O)NC3=O)C4=O)cc2C(c2ccccc2)C1. The van der Waals surface area contributed by atoms with Gasteiger partial charge in [-0.2, -0.15) is 0 Å². The fourth-order valence-electron chi connectivity index (χ4n) is 6.18. The molecule has 0 spiro atoms. The largest absolute Gasteiger partial charge is 0.492 e. The standard InChI is InChI=1S/C33H33BrN4O5/c1-37-15-13-21-17-25(34)28(18-23(21)24(19-37)20-7-3-2-4-8-20)43-16-6-14-35-26-10-5-9-22-30(26)33(42)38(32(22)41)27-11-12-29(39)36-31(27)40/h2-5,7-10,17-18,24,27,35H,6,11-16,19H2,1H3,(H,36,39,40). The lowest BCUT2D eigenvalue weighted by atomic mass is 9.88. The van der Waals surface area contributed by atoms with Crippen LogP contribution >= 0.6 is 15.9 Å². The van der Waals surface area contributed by atoms with Crippen LogP contribution in [0.15, 0.2) is 65.1 Å². The summed E-state index contributed by atoms with van der Waals surface area (Å²) in [5, 5.41) is 5.51. The van der Waals surface area contributed by atoms with Crippen molar-refractivity contribution in [3.63, 3.8) is 0 Å². The van der Waals surface area contributed by atoms with Crippen LogP contribution in [0.4, 0.5) is 5.69 Å². The first-order chi connectivity index (χ1) is 20.8. The third-order valence-electron chi connectivity index (χ3n) is 8.39. The molecule has 43 heavy (non-hydrogen) atoms. The molecule has 6 rings (SSSR count). The molecule has 0 aliphatic carbocycles. The topological polar surface area (TPSA) is 108 Å². The Labute approximate surface area is 258 Å². The normalized spacial score (nSPS) is 20.4. The van der Waals surface area contributed by atoms with Gasteiger partial charge in [0.05, 0.1) is 22.2 Å². The lowest BCUT2D eigenvalue weighted by Gasteiger charge is -2.27. The zero-order valence-corrected chi connectivity index (χ0v) is 25.5. The van der Waals surface area contributed by atoms with E-state index < -0.39 is 29.7 Å². The maximum Gasteiger partial charge on any atom is 0.264 e. The van der Waals surface area contributed by atoms with Gasteiger partial charge in [-0.1, -0.05) is 36.4 Å². The summed E-state index contributed by atoms with van der Waals surface area (Å²) in [7, 11) is 2.17. The van der Waals surface area contributed by atoms with E-state index in [9.17, 15) is 19.2 Å². The molecule has 3 aliphatic rings. The average molecular weight is 646 g/mol. The number of anilines is 1. The van der Waals surface area contributed by atoms with Crippen molar-refractivity contribution in [2.75, 3.05) is 38.6 Å². The van der Waals surface area contributed by atoms with Gasteiger partial charge >= 0.3 is 0 Å². The second-order valence-corrected chi connectivity index (χ2v) is 12.1. The molecule has 2 N–H and O–H groups in total. The van der Waals surface area contributed by atoms with Gasteiger partial charge in [-0.3, -0.25) is 29.4 Å². The van der Waals surface area contributed by atoms with Crippen LogP contribution in [0.2, 0.25) is 0 Å². The Hall–Kier alpha value is -4.02. The number of benzene rings is 3. The molecule has 4 amide bonds. The van der Waals surface area contributed by atoms with Crippen molar-refractivity contribution in [2.24, 2.45) is 0 Å². The number of rotatable bonds is 8. The fourth-order valence-corrected chi connectivity index (χ4v) is 6.69. The van der Waals surface area contributed by atoms with Gasteiger partial charge in [-0.25, -0.2) is 0 Å². The van der Waals surface area contributed by atoms with Crippen molar-refractivity contribution in [3.05, 3.63) is 93.0 Å². The molecule has 1 fully saturated rings. The Morgan fingerprint density at radius 3 is 2.60 bits per heavy atom. The zero-order chi connectivity index (χ0) is 30.1. The third kappa shape index (κ3) is 5.81. The molecule has 0 aromatic heterocycles. The number of carbonyl (C=O) groups excluding carboxylic acids is 4. The maximum absolute atomic E-state index is 13.3. The predicted molar refractivity (Wildman–Crippen MR) is 165 cm³/mol. The first-order valence-corrected chi connectivity index (χ1v) is 15.4. The summed E-state index contributed by atoms with van der Waals surface area (Å²) in [6.07, 6.45) is 1.83. The Morgan fingerprint density at radius 2 is 1.81 bits per heavy atom. The molecule has 1 saturated heterocycles. The number of hydrogen-bond donors (Lipinski definition) is 2. The number of likely N-dealkylation sites (N-methyl/N-ethyl adjacent to an activating group) is 1. The van der Waals surface area contributed by atoms with Gasteiger partial charge in [0.25, 0.3) is 11.8 Å². The van der Waals surface area contributed by atoms with E-state index in [2.05, 4.69) is 74.9 Å². The van der Waals surface area contributed by atoms with Crippen molar-refractivity contribution >= 4 is 45.2 Å². The molecule has 222 valence electrons. The Kier molecular flexibility index (Phi) is 8.32. The van der Waals surface area contributed by atoms with Gasteiger partial charge in [0.15, 0.2) is 0 Å². The molecule has 0 saturated carbocycles. The van der Waals surface area contributed by atoms with Gasteiger partial charge < -0.3 is 15.0 Å². The zero-order valence-electron chi connectivity index (χ0n) is 23.9. The first-order valence-electron chi connectivity index (χ1n) is 14.6. The summed E-state index contributed by atoms with van der Waals surface area (Å²) in [6, 6.07) is 19.0. The van der Waals surface area contributed by atoms with Gasteiger partial charge in [0, 0.05) is 37.7 Å². The summed E-state index contributed by atoms with van der Waals surface area (Å²) in [5.41, 5.74) is 4.94. The number of amides is 4. The van der Waals surface area contributed by atoms with Crippen LogP contribution in [0.25, 0.3) is 0 Å². The summed E-state index contributed by atoms with van der Waals surface area (Å²) >= 11 is 3.71. The summed E-state index contributed by atoms with van der Waals surface area (Å²) < 4.78 is 7.16. The Balaban J connectivity index is 1.11. The number of nitrogens with zero attached hydrogens (tertiary/aromatic N) is 2. The van der Waals surface area contributed by atoms with Crippen LogP contribution in [-0.4, -0.2) is 72.8 Å². The number of fused-ring (bicyclic) bond motifs is 2. The molecule has 2 atom stereocenters. The highest BCUT2D eigenvalue weighted by Crippen LogP contribution is 2.38. The van der Waals surface area contributed by atoms with E-state index in [1.807, 2.05) is 6.07 Å². The number of halogens is 1. The monoisotopic (exact) mass is 644 g/mol. The van der Waals surface area contributed by atoms with E-state index in [1.165, 1.54) is 16.7 Å². The van der Waals surface area contributed by atoms with E-state index in [1.54, 1.807) is 18.2 Å². The van der Waals surface area contributed by atoms with Crippen molar-refractivity contribution < 1.29 is 23.9 Å². The summed E-state index contributed by atoms with van der Waals surface area (Å²) in [4.78, 5) is 53.7. The molecule has 3 aliphatic heterocycles. The molecular formula is C33H33BrN4O5. The Morgan fingerprint density at radius 1 is 1.00 bits per heavy atom. The minimum absolute atomic E-state index is 0.0826. The highest BCUT2D eigenvalue weighted by atomic mass is 79.9. The van der Waals surface area contributed by atoms with Crippen LogP contribution in [0, 0.1) is 0 Å². The molecule has 2 unspecified atom stereocenters. The van der Waals surface area contributed by atoms with Gasteiger partial charge in [0.2, 0.25) is 11.8 Å². The minimum atomic E-state index is -0.993. The van der Waals surface area contributed by atoms with Gasteiger partial charge in [-0.15, -0.1) is 0 Å². The molecule has 9 nitrogen and oxygen atoms in total. The number of imide groups is 2. The first kappa shape index (κ1) is 29.1. The molecule has 3 heterocycles. The van der Waals surface area contributed by atoms with E-state index in [0.717, 1.165) is 34.6 Å². The highest BCUT2D eigenvalue weighted by Gasteiger charge is 2.45. The van der Waals surface area contributed by atoms with Crippen molar-refractivity contribution in [3.8, 4) is 5.75 Å². The van der Waals surface area contributed by atoms with E-state index in [-0.39, 0.29) is 29.9 Å². The second-order valence-electron chi connectivity index (χ2n) is 11.3. The van der Waals surface area contributed by atoms with Gasteiger partial charge in [-0.05, 0) is 83.2 Å². The van der Waals surface area contributed by atoms with Crippen molar-refractivity contribution in [1.29, 1.82) is 0 Å². The molecule has 10 heteroatoms. The molecule has 3 aromatic carbocycles. The van der Waals surface area contributed by atoms with Gasteiger partial charge in [0.1, 0.15) is 11.8 Å². The predicted octanol–water partition coefficient (Wildman–Crippen LogP) is 4.35. The summed E-state index contributed by atoms with van der Waals surface area (Å²) in [5.74, 6) is -1.02.